The predicted octanol–water partition coefficient (Wildman–Crippen LogP) is 3.14. The van der Waals surface area contributed by atoms with E-state index in [-0.39, 0.29) is 16.5 Å². The molecule has 0 aliphatic carbocycles. The molecule has 0 aliphatic heterocycles. The number of carbonyl (C=O) groups is 1. The Kier molecular flexibility index (Phi) is 7.20. The molecule has 0 saturated carbocycles. The Morgan fingerprint density at radius 3 is 2.61 bits per heavy atom. The van der Waals surface area contributed by atoms with E-state index in [0.29, 0.717) is 10.1 Å². The number of nitro groups is 1. The van der Waals surface area contributed by atoms with Crippen molar-refractivity contribution in [3.05, 3.63) is 70.3 Å². The van der Waals surface area contributed by atoms with E-state index in [9.17, 15) is 23.3 Å². The minimum atomic E-state index is -3.87. The summed E-state index contributed by atoms with van der Waals surface area (Å²) in [5.41, 5.74) is 0.855. The van der Waals surface area contributed by atoms with E-state index in [0.717, 1.165) is 22.2 Å². The lowest BCUT2D eigenvalue weighted by atomic mass is 10.2. The molecule has 31 heavy (non-hydrogen) atoms. The highest BCUT2D eigenvalue weighted by atomic mass is 32.2. The normalized spacial score (nSPS) is 11.1. The average molecular weight is 480 g/mol. The molecule has 13 heteroatoms. The highest BCUT2D eigenvalue weighted by Crippen LogP contribution is 2.28. The van der Waals surface area contributed by atoms with Crippen LogP contribution in [0, 0.1) is 10.1 Å². The number of aromatic nitrogens is 2. The molecule has 0 unspecified atom stereocenters. The lowest BCUT2D eigenvalue weighted by Crippen LogP contribution is -2.37. The van der Waals surface area contributed by atoms with Crippen LogP contribution in [0.15, 0.2) is 58.9 Å². The van der Waals surface area contributed by atoms with Crippen molar-refractivity contribution in [2.45, 2.75) is 10.1 Å². The minimum Gasteiger partial charge on any atom is -0.299 e. The number of anilines is 2. The van der Waals surface area contributed by atoms with Crippen molar-refractivity contribution in [2.24, 2.45) is 0 Å². The van der Waals surface area contributed by atoms with Crippen molar-refractivity contribution >= 4 is 55.5 Å². The first kappa shape index (κ1) is 22.7. The molecule has 1 heterocycles. The number of non-ortho nitro benzene ring substituents is 1. The molecule has 0 radical (unpaired) electrons. The van der Waals surface area contributed by atoms with Gasteiger partial charge in [0.25, 0.3) is 5.69 Å². The van der Waals surface area contributed by atoms with Crippen LogP contribution < -0.4 is 9.62 Å². The molecular formula is C18H17N5O5S3. The van der Waals surface area contributed by atoms with Gasteiger partial charge in [0, 0.05) is 17.9 Å². The molecule has 3 aromatic rings. The molecule has 0 saturated heterocycles. The molecule has 0 bridgehead atoms. The summed E-state index contributed by atoms with van der Waals surface area (Å²) in [7, 11) is -3.87. The molecule has 0 atom stereocenters. The van der Waals surface area contributed by atoms with Gasteiger partial charge in [-0.3, -0.25) is 24.5 Å². The van der Waals surface area contributed by atoms with Crippen molar-refractivity contribution in [1.29, 1.82) is 0 Å². The highest BCUT2D eigenvalue weighted by Gasteiger charge is 2.23. The van der Waals surface area contributed by atoms with Crippen molar-refractivity contribution in [3.63, 3.8) is 0 Å². The van der Waals surface area contributed by atoms with Gasteiger partial charge in [0.2, 0.25) is 21.1 Å². The van der Waals surface area contributed by atoms with Gasteiger partial charge < -0.3 is 0 Å². The van der Waals surface area contributed by atoms with Crippen LogP contribution in [0.1, 0.15) is 5.56 Å². The van der Waals surface area contributed by atoms with Crippen LogP contribution >= 0.6 is 23.1 Å². The Labute approximate surface area is 186 Å². The second kappa shape index (κ2) is 9.85. The van der Waals surface area contributed by atoms with E-state index in [1.54, 1.807) is 0 Å². The van der Waals surface area contributed by atoms with Gasteiger partial charge in [-0.25, -0.2) is 8.42 Å². The lowest BCUT2D eigenvalue weighted by molar-refractivity contribution is -0.384. The highest BCUT2D eigenvalue weighted by molar-refractivity contribution is 8.00. The molecule has 162 valence electrons. The van der Waals surface area contributed by atoms with Crippen molar-refractivity contribution in [3.8, 4) is 0 Å². The standard InChI is InChI=1S/C18H17N5O5S3/c1-31(27,28)22(14-8-5-9-15(10-14)23(25)26)11-16(24)19-17-20-21-18(30-17)29-12-13-6-3-2-4-7-13/h2-10H,11-12H2,1H3,(H,19,20,24). The molecule has 0 fully saturated rings. The summed E-state index contributed by atoms with van der Waals surface area (Å²) in [5, 5.41) is 21.6. The van der Waals surface area contributed by atoms with Crippen LogP contribution in [0.4, 0.5) is 16.5 Å². The van der Waals surface area contributed by atoms with Crippen LogP contribution in [0.5, 0.6) is 0 Å². The third-order valence-corrected chi connectivity index (χ3v) is 7.06. The second-order valence-electron chi connectivity index (χ2n) is 6.24. The Morgan fingerprint density at radius 2 is 1.94 bits per heavy atom. The fourth-order valence-electron chi connectivity index (χ4n) is 2.49. The minimum absolute atomic E-state index is 0.0169. The average Bonchev–Trinajstić information content (AvgIpc) is 3.17. The predicted molar refractivity (Wildman–Crippen MR) is 120 cm³/mol. The SMILES string of the molecule is CS(=O)(=O)N(CC(=O)Nc1nnc(SCc2ccccc2)s1)c1cccc([N+](=O)[O-])c1. The Balaban J connectivity index is 1.66. The zero-order valence-corrected chi connectivity index (χ0v) is 18.6. The number of nitrogens with zero attached hydrogens (tertiary/aromatic N) is 4. The molecular weight excluding hydrogens is 462 g/mol. The topological polar surface area (TPSA) is 135 Å². The summed E-state index contributed by atoms with van der Waals surface area (Å²) < 4.78 is 25.8. The van der Waals surface area contributed by atoms with E-state index in [2.05, 4.69) is 15.5 Å². The quantitative estimate of drug-likeness (QED) is 0.214. The second-order valence-corrected chi connectivity index (χ2v) is 10.3. The molecule has 1 aromatic heterocycles. The third kappa shape index (κ3) is 6.47. The number of nitrogens with one attached hydrogen (secondary N) is 1. The monoisotopic (exact) mass is 479 g/mol. The van der Waals surface area contributed by atoms with E-state index < -0.39 is 27.4 Å². The summed E-state index contributed by atoms with van der Waals surface area (Å²) >= 11 is 2.63. The summed E-state index contributed by atoms with van der Waals surface area (Å²) in [4.78, 5) is 22.8. The van der Waals surface area contributed by atoms with E-state index in [1.807, 2.05) is 30.3 Å². The fraction of sp³-hybridized carbons (Fsp3) is 0.167. The van der Waals surface area contributed by atoms with Crippen LogP contribution in [-0.2, 0) is 20.6 Å². The van der Waals surface area contributed by atoms with Gasteiger partial charge in [0.05, 0.1) is 16.9 Å². The van der Waals surface area contributed by atoms with E-state index >= 15 is 0 Å². The van der Waals surface area contributed by atoms with Crippen LogP contribution in [0.25, 0.3) is 0 Å². The Morgan fingerprint density at radius 1 is 1.19 bits per heavy atom. The lowest BCUT2D eigenvalue weighted by Gasteiger charge is -2.21. The summed E-state index contributed by atoms with van der Waals surface area (Å²) in [5.74, 6) is 0.0469. The molecule has 0 spiro atoms. The zero-order valence-electron chi connectivity index (χ0n) is 16.2. The maximum absolute atomic E-state index is 12.4. The number of benzene rings is 2. The molecule has 10 nitrogen and oxygen atoms in total. The first-order valence-corrected chi connectivity index (χ1v) is 12.4. The van der Waals surface area contributed by atoms with Crippen molar-refractivity contribution in [2.75, 3.05) is 22.4 Å². The summed E-state index contributed by atoms with van der Waals surface area (Å²) in [6.45, 7) is -0.563. The Hall–Kier alpha value is -3.03. The number of sulfonamides is 1. The number of rotatable bonds is 9. The molecule has 1 N–H and O–H groups in total. The number of hydrogen-bond donors (Lipinski definition) is 1. The molecule has 0 aliphatic rings. The van der Waals surface area contributed by atoms with Crippen LogP contribution in [0.3, 0.4) is 0 Å². The number of hydrogen-bond acceptors (Lipinski definition) is 9. The van der Waals surface area contributed by atoms with Gasteiger partial charge in [-0.2, -0.15) is 0 Å². The summed E-state index contributed by atoms with van der Waals surface area (Å²) in [6.07, 6.45) is 0.919. The van der Waals surface area contributed by atoms with Gasteiger partial charge in [-0.05, 0) is 11.6 Å². The smallest absolute Gasteiger partial charge is 0.271 e. The number of thioether (sulfide) groups is 1. The van der Waals surface area contributed by atoms with Crippen LogP contribution in [-0.4, -0.2) is 42.2 Å². The zero-order chi connectivity index (χ0) is 22.4. The molecule has 1 amide bonds. The fourth-order valence-corrected chi connectivity index (χ4v) is 5.06. The van der Waals surface area contributed by atoms with Crippen molar-refractivity contribution < 1.29 is 18.1 Å². The van der Waals surface area contributed by atoms with Gasteiger partial charge in [0.15, 0.2) is 4.34 Å². The maximum atomic E-state index is 12.4. The molecule has 3 rings (SSSR count). The Bertz CT molecular complexity index is 1180. The van der Waals surface area contributed by atoms with E-state index in [1.165, 1.54) is 41.3 Å². The number of amides is 1. The molecule has 2 aromatic carbocycles. The van der Waals surface area contributed by atoms with Crippen molar-refractivity contribution in [1.82, 2.24) is 10.2 Å². The van der Waals surface area contributed by atoms with Gasteiger partial charge in [-0.15, -0.1) is 10.2 Å². The summed E-state index contributed by atoms with van der Waals surface area (Å²) in [6, 6.07) is 14.9. The first-order valence-electron chi connectivity index (χ1n) is 8.74. The number of carbonyl (C=O) groups excluding carboxylic acids is 1. The number of nitro benzene ring substituents is 1. The maximum Gasteiger partial charge on any atom is 0.271 e. The van der Waals surface area contributed by atoms with Gasteiger partial charge in [-0.1, -0.05) is 59.5 Å². The van der Waals surface area contributed by atoms with Gasteiger partial charge in [0.1, 0.15) is 6.54 Å². The third-order valence-electron chi connectivity index (χ3n) is 3.87. The van der Waals surface area contributed by atoms with Gasteiger partial charge >= 0.3 is 0 Å². The van der Waals surface area contributed by atoms with E-state index in [4.69, 9.17) is 0 Å². The first-order chi connectivity index (χ1) is 14.7. The van der Waals surface area contributed by atoms with Crippen LogP contribution in [0.2, 0.25) is 0 Å². The largest absolute Gasteiger partial charge is 0.299 e.